The number of amides is 1. The Bertz CT molecular complexity index is 774. The lowest BCUT2D eigenvalue weighted by Gasteiger charge is -2.18. The minimum atomic E-state index is -0.112. The largest absolute Gasteiger partial charge is 0.493 e. The summed E-state index contributed by atoms with van der Waals surface area (Å²) in [6, 6.07) is 9.89. The molecule has 2 aromatic carbocycles. The van der Waals surface area contributed by atoms with Crippen LogP contribution in [0.1, 0.15) is 36.1 Å². The lowest BCUT2D eigenvalue weighted by atomic mass is 10.0. The highest BCUT2D eigenvalue weighted by Gasteiger charge is 2.14. The van der Waals surface area contributed by atoms with Crippen molar-refractivity contribution in [1.29, 1.82) is 0 Å². The number of hydrogen-bond acceptors (Lipinski definition) is 4. The minimum absolute atomic E-state index is 0.112. The van der Waals surface area contributed by atoms with Crippen molar-refractivity contribution in [2.24, 2.45) is 0 Å². The summed E-state index contributed by atoms with van der Waals surface area (Å²) in [6.07, 6.45) is 2.75. The fourth-order valence-corrected chi connectivity index (χ4v) is 3.03. The lowest BCUT2D eigenvalue weighted by Crippen LogP contribution is -2.10. The van der Waals surface area contributed by atoms with Crippen LogP contribution in [-0.2, 0) is 13.0 Å². The van der Waals surface area contributed by atoms with Crippen LogP contribution in [0, 0.1) is 13.8 Å². The van der Waals surface area contributed by atoms with Crippen LogP contribution in [0.5, 0.6) is 11.5 Å². The van der Waals surface area contributed by atoms with E-state index in [1.54, 1.807) is 6.26 Å². The first-order chi connectivity index (χ1) is 12.5. The van der Waals surface area contributed by atoms with Gasteiger partial charge in [-0.3, -0.25) is 4.79 Å². The molecule has 0 bridgehead atoms. The van der Waals surface area contributed by atoms with Crippen molar-refractivity contribution >= 4 is 22.7 Å². The number of nitrogens with one attached hydrogen (secondary N) is 1. The van der Waals surface area contributed by atoms with Crippen LogP contribution in [0.2, 0.25) is 0 Å². The zero-order valence-electron chi connectivity index (χ0n) is 16.1. The van der Waals surface area contributed by atoms with E-state index in [1.165, 1.54) is 11.1 Å². The number of aryl methyl sites for hydroxylation is 3. The van der Waals surface area contributed by atoms with E-state index in [9.17, 15) is 4.79 Å². The highest BCUT2D eigenvalue weighted by atomic mass is 32.2. The van der Waals surface area contributed by atoms with Gasteiger partial charge in [-0.2, -0.15) is 0 Å². The number of carbonyl (C=O) groups is 1. The molecule has 0 heterocycles. The summed E-state index contributed by atoms with van der Waals surface area (Å²) in [5.74, 6) is 1.58. The van der Waals surface area contributed by atoms with E-state index in [0.29, 0.717) is 13.2 Å². The number of anilines is 1. The maximum absolute atomic E-state index is 11.8. The van der Waals surface area contributed by atoms with Crippen LogP contribution in [0.25, 0.3) is 0 Å². The van der Waals surface area contributed by atoms with Gasteiger partial charge in [0.05, 0.1) is 17.9 Å². The molecule has 0 saturated heterocycles. The maximum atomic E-state index is 11.8. The van der Waals surface area contributed by atoms with E-state index < -0.39 is 0 Å². The van der Waals surface area contributed by atoms with Crippen molar-refractivity contribution in [3.05, 3.63) is 52.6 Å². The zero-order valence-corrected chi connectivity index (χ0v) is 17.0. The van der Waals surface area contributed by atoms with Crippen molar-refractivity contribution in [3.63, 3.8) is 0 Å². The molecule has 5 heteroatoms. The Balaban J connectivity index is 2.30. The number of carbonyl (C=O) groups excluding carboxylic acids is 1. The maximum Gasteiger partial charge on any atom is 0.283 e. The molecule has 0 aliphatic carbocycles. The summed E-state index contributed by atoms with van der Waals surface area (Å²) in [6.45, 7) is 9.13. The fourth-order valence-electron chi connectivity index (χ4n) is 2.82. The summed E-state index contributed by atoms with van der Waals surface area (Å²) in [4.78, 5) is 11.8. The summed E-state index contributed by atoms with van der Waals surface area (Å²) in [7, 11) is 0. The molecule has 0 spiro atoms. The first-order valence-corrected chi connectivity index (χ1v) is 10.0. The van der Waals surface area contributed by atoms with Gasteiger partial charge in [-0.25, -0.2) is 0 Å². The molecule has 2 rings (SSSR count). The lowest BCUT2D eigenvalue weighted by molar-refractivity contribution is 0.269. The van der Waals surface area contributed by atoms with Crippen molar-refractivity contribution in [1.82, 2.24) is 0 Å². The average Bonchev–Trinajstić information content (AvgIpc) is 2.63. The van der Waals surface area contributed by atoms with E-state index in [2.05, 4.69) is 38.2 Å². The third kappa shape index (κ3) is 4.94. The number of rotatable bonds is 7. The Morgan fingerprint density at radius 3 is 2.50 bits per heavy atom. The molecular weight excluding hydrogens is 346 g/mol. The standard InChI is InChI=1S/C21H27NO3S/c1-6-16-11-15(4)20(12-14(16)3)25-13-17-18(22-21(23)26-5)9-8-10-19(17)24-7-2/h8-12H,6-7,13H2,1-5H3,(H,22,23). The first-order valence-electron chi connectivity index (χ1n) is 8.82. The molecule has 0 atom stereocenters. The van der Waals surface area contributed by atoms with Gasteiger partial charge in [-0.15, -0.1) is 0 Å². The normalized spacial score (nSPS) is 10.5. The van der Waals surface area contributed by atoms with Gasteiger partial charge >= 0.3 is 0 Å². The zero-order chi connectivity index (χ0) is 19.1. The van der Waals surface area contributed by atoms with Crippen molar-refractivity contribution in [3.8, 4) is 11.5 Å². The van der Waals surface area contributed by atoms with Crippen molar-refractivity contribution in [2.75, 3.05) is 18.2 Å². The Hall–Kier alpha value is -2.14. The van der Waals surface area contributed by atoms with Crippen LogP contribution >= 0.6 is 11.8 Å². The van der Waals surface area contributed by atoms with Gasteiger partial charge in [-0.05, 0) is 68.3 Å². The Morgan fingerprint density at radius 1 is 1.08 bits per heavy atom. The van der Waals surface area contributed by atoms with Crippen molar-refractivity contribution in [2.45, 2.75) is 40.7 Å². The second-order valence-corrected chi connectivity index (χ2v) is 6.80. The molecule has 0 saturated carbocycles. The van der Waals surface area contributed by atoms with Gasteiger partial charge in [0.1, 0.15) is 18.1 Å². The third-order valence-electron chi connectivity index (χ3n) is 4.24. The van der Waals surface area contributed by atoms with Crippen LogP contribution in [-0.4, -0.2) is 18.1 Å². The van der Waals surface area contributed by atoms with Gasteiger partial charge in [0.15, 0.2) is 0 Å². The van der Waals surface area contributed by atoms with E-state index in [0.717, 1.165) is 46.5 Å². The van der Waals surface area contributed by atoms with E-state index in [4.69, 9.17) is 9.47 Å². The smallest absolute Gasteiger partial charge is 0.283 e. The van der Waals surface area contributed by atoms with Gasteiger partial charge in [-0.1, -0.05) is 30.8 Å². The predicted molar refractivity (Wildman–Crippen MR) is 110 cm³/mol. The first kappa shape index (κ1) is 20.2. The summed E-state index contributed by atoms with van der Waals surface area (Å²) in [5, 5.41) is 2.79. The van der Waals surface area contributed by atoms with Gasteiger partial charge in [0, 0.05) is 0 Å². The SMILES string of the molecule is CCOc1cccc(NC(=O)SC)c1COc1cc(C)c(CC)cc1C. The Morgan fingerprint density at radius 2 is 1.85 bits per heavy atom. The quantitative estimate of drug-likeness (QED) is 0.672. The molecule has 4 nitrogen and oxygen atoms in total. The summed E-state index contributed by atoms with van der Waals surface area (Å²) >= 11 is 1.14. The number of thioether (sulfide) groups is 1. The molecule has 0 aliphatic rings. The molecule has 26 heavy (non-hydrogen) atoms. The van der Waals surface area contributed by atoms with Crippen molar-refractivity contribution < 1.29 is 14.3 Å². The topological polar surface area (TPSA) is 47.6 Å². The average molecular weight is 374 g/mol. The number of hydrogen-bond donors (Lipinski definition) is 1. The van der Waals surface area contributed by atoms with E-state index >= 15 is 0 Å². The summed E-state index contributed by atoms with van der Waals surface area (Å²) in [5.41, 5.74) is 5.22. The van der Waals surface area contributed by atoms with Crippen LogP contribution in [0.4, 0.5) is 10.5 Å². The second kappa shape index (κ2) is 9.53. The van der Waals surface area contributed by atoms with Crippen LogP contribution in [0.15, 0.2) is 30.3 Å². The molecule has 1 amide bonds. The Kier molecular flexibility index (Phi) is 7.39. The molecule has 0 fully saturated rings. The minimum Gasteiger partial charge on any atom is -0.493 e. The molecule has 0 unspecified atom stereocenters. The molecular formula is C21H27NO3S. The fraction of sp³-hybridized carbons (Fsp3) is 0.381. The van der Waals surface area contributed by atoms with Gasteiger partial charge < -0.3 is 14.8 Å². The molecule has 1 N–H and O–H groups in total. The molecule has 0 aliphatic heterocycles. The number of ether oxygens (including phenoxy) is 2. The monoisotopic (exact) mass is 373 g/mol. The highest BCUT2D eigenvalue weighted by molar-refractivity contribution is 8.13. The van der Waals surface area contributed by atoms with Crippen LogP contribution in [0.3, 0.4) is 0 Å². The van der Waals surface area contributed by atoms with E-state index in [-0.39, 0.29) is 5.24 Å². The Labute approximate surface area is 160 Å². The molecule has 0 aromatic heterocycles. The second-order valence-electron chi connectivity index (χ2n) is 6.02. The number of benzene rings is 2. The predicted octanol–water partition coefficient (Wildman–Crippen LogP) is 5.74. The molecule has 0 radical (unpaired) electrons. The van der Waals surface area contributed by atoms with Gasteiger partial charge in [0.2, 0.25) is 0 Å². The van der Waals surface area contributed by atoms with E-state index in [1.807, 2.05) is 25.1 Å². The third-order valence-corrected chi connectivity index (χ3v) is 4.71. The van der Waals surface area contributed by atoms with Gasteiger partial charge in [0.25, 0.3) is 5.24 Å². The van der Waals surface area contributed by atoms with Crippen LogP contribution < -0.4 is 14.8 Å². The summed E-state index contributed by atoms with van der Waals surface area (Å²) < 4.78 is 11.8. The molecule has 2 aromatic rings. The molecule has 140 valence electrons. The highest BCUT2D eigenvalue weighted by Crippen LogP contribution is 2.30.